The number of nitrogens with two attached hydrogens (primary N) is 1. The van der Waals surface area contributed by atoms with Crippen LogP contribution in [0.15, 0.2) is 30.3 Å². The first kappa shape index (κ1) is 16.7. The van der Waals surface area contributed by atoms with E-state index in [1.54, 1.807) is 27.3 Å². The molecule has 2 rings (SSSR count). The van der Waals surface area contributed by atoms with Gasteiger partial charge in [0.25, 0.3) is 5.91 Å². The fraction of sp³-hybridized carbons (Fsp3) is 0.312. The van der Waals surface area contributed by atoms with Crippen LogP contribution in [0.1, 0.15) is 10.5 Å². The molecule has 2 N–H and O–H groups in total. The van der Waals surface area contributed by atoms with E-state index in [0.29, 0.717) is 18.9 Å². The Morgan fingerprint density at radius 2 is 1.87 bits per heavy atom. The molecule has 0 fully saturated rings. The number of anilines is 1. The highest BCUT2D eigenvalue weighted by molar-refractivity contribution is 5.93. The summed E-state index contributed by atoms with van der Waals surface area (Å²) in [5.41, 5.74) is 7.39. The van der Waals surface area contributed by atoms with Gasteiger partial charge in [-0.1, -0.05) is 0 Å². The number of nitrogens with zero attached hydrogens (tertiary/aromatic N) is 3. The molecule has 0 spiro atoms. The number of benzene rings is 1. The number of ether oxygens (including phenoxy) is 2. The standard InChI is InChI=1S/C16H20N4O3/c1-20(2)15(21)14-10-13(18-16(17)19-14)11-4-6-12(7-5-11)23-9-8-22-3/h4-7,10H,8-9H2,1-3H3,(H2,17,18,19). The third-order valence-corrected chi connectivity index (χ3v) is 3.08. The van der Waals surface area contributed by atoms with E-state index >= 15 is 0 Å². The highest BCUT2D eigenvalue weighted by atomic mass is 16.5. The lowest BCUT2D eigenvalue weighted by molar-refractivity contribution is 0.0822. The Hall–Kier alpha value is -2.67. The molecule has 0 aliphatic carbocycles. The van der Waals surface area contributed by atoms with Gasteiger partial charge in [-0.25, -0.2) is 9.97 Å². The van der Waals surface area contributed by atoms with E-state index in [0.717, 1.165) is 11.3 Å². The fourth-order valence-corrected chi connectivity index (χ4v) is 1.92. The van der Waals surface area contributed by atoms with Gasteiger partial charge in [0, 0.05) is 26.8 Å². The molecule has 0 aliphatic rings. The number of methoxy groups -OCH3 is 1. The molecule has 7 heteroatoms. The molecule has 1 amide bonds. The third kappa shape index (κ3) is 4.40. The van der Waals surface area contributed by atoms with Crippen molar-refractivity contribution in [2.75, 3.05) is 40.2 Å². The van der Waals surface area contributed by atoms with E-state index in [-0.39, 0.29) is 17.5 Å². The molecule has 0 atom stereocenters. The molecule has 0 radical (unpaired) electrons. The monoisotopic (exact) mass is 316 g/mol. The molecular weight excluding hydrogens is 296 g/mol. The zero-order chi connectivity index (χ0) is 16.8. The van der Waals surface area contributed by atoms with Gasteiger partial charge in [-0.3, -0.25) is 4.79 Å². The van der Waals surface area contributed by atoms with Crippen molar-refractivity contribution in [1.82, 2.24) is 14.9 Å². The van der Waals surface area contributed by atoms with E-state index in [4.69, 9.17) is 15.2 Å². The normalized spacial score (nSPS) is 10.4. The maximum atomic E-state index is 12.0. The van der Waals surface area contributed by atoms with Gasteiger partial charge in [-0.05, 0) is 30.3 Å². The van der Waals surface area contributed by atoms with Crippen molar-refractivity contribution in [2.24, 2.45) is 0 Å². The summed E-state index contributed by atoms with van der Waals surface area (Å²) in [4.78, 5) is 21.6. The van der Waals surface area contributed by atoms with Gasteiger partial charge in [0.1, 0.15) is 18.1 Å². The predicted octanol–water partition coefficient (Wildman–Crippen LogP) is 1.45. The van der Waals surface area contributed by atoms with Crippen LogP contribution in [-0.2, 0) is 4.74 Å². The minimum Gasteiger partial charge on any atom is -0.491 e. The lowest BCUT2D eigenvalue weighted by atomic mass is 10.1. The average Bonchev–Trinajstić information content (AvgIpc) is 2.54. The molecule has 1 aromatic carbocycles. The van der Waals surface area contributed by atoms with E-state index in [1.165, 1.54) is 4.90 Å². The Balaban J connectivity index is 2.22. The second-order valence-electron chi connectivity index (χ2n) is 5.06. The topological polar surface area (TPSA) is 90.6 Å². The summed E-state index contributed by atoms with van der Waals surface area (Å²) in [6, 6.07) is 8.99. The summed E-state index contributed by atoms with van der Waals surface area (Å²) in [5, 5.41) is 0. The second-order valence-corrected chi connectivity index (χ2v) is 5.06. The number of aromatic nitrogens is 2. The van der Waals surface area contributed by atoms with Gasteiger partial charge in [0.2, 0.25) is 5.95 Å². The van der Waals surface area contributed by atoms with Gasteiger partial charge in [-0.2, -0.15) is 0 Å². The van der Waals surface area contributed by atoms with Gasteiger partial charge >= 0.3 is 0 Å². The first-order valence-corrected chi connectivity index (χ1v) is 7.09. The zero-order valence-electron chi connectivity index (χ0n) is 13.4. The minimum absolute atomic E-state index is 0.0631. The van der Waals surface area contributed by atoms with E-state index in [1.807, 2.05) is 24.3 Å². The number of hydrogen-bond donors (Lipinski definition) is 1. The van der Waals surface area contributed by atoms with Crippen LogP contribution in [0, 0.1) is 0 Å². The number of nitrogen functional groups attached to an aromatic ring is 1. The number of carbonyl (C=O) groups excluding carboxylic acids is 1. The summed E-state index contributed by atoms with van der Waals surface area (Å²) < 4.78 is 10.4. The molecule has 23 heavy (non-hydrogen) atoms. The second kappa shape index (κ2) is 7.55. The highest BCUT2D eigenvalue weighted by Crippen LogP contribution is 2.22. The van der Waals surface area contributed by atoms with Gasteiger partial charge < -0.3 is 20.1 Å². The van der Waals surface area contributed by atoms with Crippen LogP contribution in [0.2, 0.25) is 0 Å². The number of amides is 1. The smallest absolute Gasteiger partial charge is 0.272 e. The Morgan fingerprint density at radius 3 is 2.48 bits per heavy atom. The Labute approximate surface area is 135 Å². The van der Waals surface area contributed by atoms with Crippen LogP contribution in [-0.4, -0.2) is 55.2 Å². The van der Waals surface area contributed by atoms with Crippen LogP contribution in [0.3, 0.4) is 0 Å². The minimum atomic E-state index is -0.222. The Bertz CT molecular complexity index is 672. The molecule has 122 valence electrons. The van der Waals surface area contributed by atoms with Crippen molar-refractivity contribution in [2.45, 2.75) is 0 Å². The van der Waals surface area contributed by atoms with Crippen molar-refractivity contribution in [3.05, 3.63) is 36.0 Å². The molecule has 7 nitrogen and oxygen atoms in total. The summed E-state index contributed by atoms with van der Waals surface area (Å²) in [7, 11) is 4.94. The summed E-state index contributed by atoms with van der Waals surface area (Å²) in [6.07, 6.45) is 0. The summed E-state index contributed by atoms with van der Waals surface area (Å²) in [6.45, 7) is 1.01. The molecule has 0 bridgehead atoms. The first-order valence-electron chi connectivity index (χ1n) is 7.09. The van der Waals surface area contributed by atoms with E-state index < -0.39 is 0 Å². The molecular formula is C16H20N4O3. The van der Waals surface area contributed by atoms with Crippen molar-refractivity contribution >= 4 is 11.9 Å². The quantitative estimate of drug-likeness (QED) is 0.811. The molecule has 0 saturated heterocycles. The maximum Gasteiger partial charge on any atom is 0.272 e. The molecule has 2 aromatic rings. The first-order chi connectivity index (χ1) is 11.0. The molecule has 0 unspecified atom stereocenters. The number of rotatable bonds is 6. The van der Waals surface area contributed by atoms with E-state index in [9.17, 15) is 4.79 Å². The van der Waals surface area contributed by atoms with Crippen LogP contribution in [0.25, 0.3) is 11.3 Å². The van der Waals surface area contributed by atoms with Crippen molar-refractivity contribution < 1.29 is 14.3 Å². The number of carbonyl (C=O) groups is 1. The van der Waals surface area contributed by atoms with Crippen molar-refractivity contribution in [3.63, 3.8) is 0 Å². The van der Waals surface area contributed by atoms with Crippen LogP contribution in [0.4, 0.5) is 5.95 Å². The third-order valence-electron chi connectivity index (χ3n) is 3.08. The van der Waals surface area contributed by atoms with Gasteiger partial charge in [-0.15, -0.1) is 0 Å². The van der Waals surface area contributed by atoms with Crippen molar-refractivity contribution in [3.8, 4) is 17.0 Å². The Morgan fingerprint density at radius 1 is 1.17 bits per heavy atom. The fourth-order valence-electron chi connectivity index (χ4n) is 1.92. The number of hydrogen-bond acceptors (Lipinski definition) is 6. The molecule has 1 aromatic heterocycles. The van der Waals surface area contributed by atoms with Crippen LogP contribution in [0.5, 0.6) is 5.75 Å². The van der Waals surface area contributed by atoms with Gasteiger partial charge in [0.05, 0.1) is 12.3 Å². The lowest BCUT2D eigenvalue weighted by Crippen LogP contribution is -2.23. The largest absolute Gasteiger partial charge is 0.491 e. The molecule has 0 aliphatic heterocycles. The molecule has 0 saturated carbocycles. The Kier molecular flexibility index (Phi) is 5.48. The zero-order valence-corrected chi connectivity index (χ0v) is 13.4. The van der Waals surface area contributed by atoms with E-state index in [2.05, 4.69) is 9.97 Å². The predicted molar refractivity (Wildman–Crippen MR) is 87.3 cm³/mol. The SMILES string of the molecule is COCCOc1ccc(-c2cc(C(=O)N(C)C)nc(N)n2)cc1. The van der Waals surface area contributed by atoms with Crippen LogP contribution < -0.4 is 10.5 Å². The lowest BCUT2D eigenvalue weighted by Gasteiger charge is -2.11. The summed E-state index contributed by atoms with van der Waals surface area (Å²) in [5.74, 6) is 0.574. The van der Waals surface area contributed by atoms with Crippen molar-refractivity contribution in [1.29, 1.82) is 0 Å². The average molecular weight is 316 g/mol. The van der Waals surface area contributed by atoms with Gasteiger partial charge in [0.15, 0.2) is 0 Å². The maximum absolute atomic E-state index is 12.0. The highest BCUT2D eigenvalue weighted by Gasteiger charge is 2.13. The van der Waals surface area contributed by atoms with Crippen LogP contribution >= 0.6 is 0 Å². The summed E-state index contributed by atoms with van der Waals surface area (Å²) >= 11 is 0. The molecule has 1 heterocycles.